The van der Waals surface area contributed by atoms with E-state index in [-0.39, 0.29) is 31.6 Å². The largest absolute Gasteiger partial charge is 0.512 e. The number of furan rings is 1. The summed E-state index contributed by atoms with van der Waals surface area (Å²) in [5.41, 5.74) is 4.66. The minimum absolute atomic E-state index is 0. The van der Waals surface area contributed by atoms with Crippen molar-refractivity contribution in [1.29, 1.82) is 0 Å². The molecule has 1 radical (unpaired) electrons. The van der Waals surface area contributed by atoms with Crippen molar-refractivity contribution in [3.05, 3.63) is 96.8 Å². The molecular weight excluding hydrogens is 679 g/mol. The first-order valence-electron chi connectivity index (χ1n) is 12.7. The van der Waals surface area contributed by atoms with Gasteiger partial charge in [0, 0.05) is 37.0 Å². The van der Waals surface area contributed by atoms with Crippen LogP contribution in [0.25, 0.3) is 54.9 Å². The van der Waals surface area contributed by atoms with Gasteiger partial charge in [-0.25, -0.2) is 0 Å². The van der Waals surface area contributed by atoms with Crippen molar-refractivity contribution in [3.8, 4) is 11.3 Å². The Morgan fingerprint density at radius 1 is 0.923 bits per heavy atom. The van der Waals surface area contributed by atoms with E-state index in [9.17, 15) is 4.79 Å². The molecule has 0 aliphatic rings. The fourth-order valence-electron chi connectivity index (χ4n) is 4.90. The summed E-state index contributed by atoms with van der Waals surface area (Å²) in [4.78, 5) is 15.1. The molecule has 0 amide bonds. The number of hydrogen-bond donors (Lipinski definition) is 1. The maximum atomic E-state index is 10.0. The number of fused-ring (bicyclic) bond motifs is 6. The molecule has 0 unspecified atom stereocenters. The standard InChI is InChI=1S/C28H22NOSi.C5H8O2.Ir/c1-31(2,3)26-17-24(29-23-16-15-18-9-4-5-10-19(18)27(23)26)22-13-8-12-21-20-11-6-7-14-25(20)30-28(21)22;1-4(6)3-5(2)7;/h4-12,14-17H,1-3H3;3,6H,1-2H3;/q-1;;. The maximum Gasteiger partial charge on any atom is 0.155 e. The molecule has 4 aromatic carbocycles. The van der Waals surface area contributed by atoms with Crippen LogP contribution in [-0.2, 0) is 24.9 Å². The van der Waals surface area contributed by atoms with Crippen LogP contribution in [0.5, 0.6) is 0 Å². The smallest absolute Gasteiger partial charge is 0.155 e. The number of aliphatic hydroxyl groups excluding tert-OH is 1. The van der Waals surface area contributed by atoms with Crippen molar-refractivity contribution in [2.24, 2.45) is 0 Å². The van der Waals surface area contributed by atoms with E-state index >= 15 is 0 Å². The Morgan fingerprint density at radius 2 is 1.62 bits per heavy atom. The molecule has 0 fully saturated rings. The van der Waals surface area contributed by atoms with Gasteiger partial charge in [-0.05, 0) is 42.4 Å². The summed E-state index contributed by atoms with van der Waals surface area (Å²) >= 11 is 0. The van der Waals surface area contributed by atoms with Crippen molar-refractivity contribution in [3.63, 3.8) is 0 Å². The molecule has 0 spiro atoms. The normalized spacial score (nSPS) is 11.9. The molecule has 2 aromatic heterocycles. The summed E-state index contributed by atoms with van der Waals surface area (Å²) in [7, 11) is -1.66. The van der Waals surface area contributed by atoms with Gasteiger partial charge in [0.25, 0.3) is 0 Å². The number of aliphatic hydroxyl groups is 1. The number of benzene rings is 4. The van der Waals surface area contributed by atoms with Gasteiger partial charge in [0.2, 0.25) is 0 Å². The molecule has 0 atom stereocenters. The monoisotopic (exact) mass is 709 g/mol. The summed E-state index contributed by atoms with van der Waals surface area (Å²) in [6, 6.07) is 30.9. The summed E-state index contributed by atoms with van der Waals surface area (Å²) in [6.07, 6.45) is 1.17. The summed E-state index contributed by atoms with van der Waals surface area (Å²) < 4.78 is 6.29. The first kappa shape index (κ1) is 28.4. The van der Waals surface area contributed by atoms with Gasteiger partial charge in [0.1, 0.15) is 5.58 Å². The molecule has 0 saturated carbocycles. The zero-order valence-electron chi connectivity index (χ0n) is 22.6. The van der Waals surface area contributed by atoms with E-state index in [4.69, 9.17) is 14.5 Å². The van der Waals surface area contributed by atoms with Gasteiger partial charge in [-0.3, -0.25) is 9.78 Å². The van der Waals surface area contributed by atoms with Crippen LogP contribution in [-0.4, -0.2) is 23.9 Å². The average Bonchev–Trinajstić information content (AvgIpc) is 3.26. The van der Waals surface area contributed by atoms with E-state index in [1.54, 1.807) is 0 Å². The molecule has 6 aromatic rings. The van der Waals surface area contributed by atoms with Gasteiger partial charge < -0.3 is 9.52 Å². The third-order valence-corrected chi connectivity index (χ3v) is 8.52. The molecule has 199 valence electrons. The summed E-state index contributed by atoms with van der Waals surface area (Å²) in [6.45, 7) is 10.1. The second-order valence-corrected chi connectivity index (χ2v) is 15.6. The van der Waals surface area contributed by atoms with E-state index in [0.29, 0.717) is 0 Å². The van der Waals surface area contributed by atoms with Crippen LogP contribution >= 0.6 is 0 Å². The summed E-state index contributed by atoms with van der Waals surface area (Å²) in [5, 5.41) is 15.9. The maximum absolute atomic E-state index is 10.0. The van der Waals surface area contributed by atoms with Gasteiger partial charge in [-0.2, -0.15) is 0 Å². The molecule has 4 nitrogen and oxygen atoms in total. The fourth-order valence-corrected chi connectivity index (χ4v) is 6.48. The minimum atomic E-state index is -1.66. The van der Waals surface area contributed by atoms with Crippen LogP contribution in [0.4, 0.5) is 0 Å². The van der Waals surface area contributed by atoms with E-state index in [1.165, 1.54) is 41.3 Å². The molecule has 1 N–H and O–H groups in total. The van der Waals surface area contributed by atoms with Crippen LogP contribution in [0.2, 0.25) is 19.6 Å². The van der Waals surface area contributed by atoms with Crippen molar-refractivity contribution < 1.29 is 34.4 Å². The van der Waals surface area contributed by atoms with Crippen molar-refractivity contribution in [1.82, 2.24) is 4.98 Å². The van der Waals surface area contributed by atoms with E-state index in [1.807, 2.05) is 18.2 Å². The van der Waals surface area contributed by atoms with Crippen LogP contribution < -0.4 is 5.19 Å². The zero-order valence-corrected chi connectivity index (χ0v) is 26.0. The molecule has 6 rings (SSSR count). The topological polar surface area (TPSA) is 63.3 Å². The van der Waals surface area contributed by atoms with Crippen molar-refractivity contribution in [2.75, 3.05) is 0 Å². The number of ketones is 1. The molecule has 6 heteroatoms. The first-order chi connectivity index (χ1) is 18.1. The molecule has 0 aliphatic heterocycles. The number of aromatic nitrogens is 1. The number of carbonyl (C=O) groups excluding carboxylic acids is 1. The first-order valence-corrected chi connectivity index (χ1v) is 16.2. The number of rotatable bonds is 3. The van der Waals surface area contributed by atoms with Crippen LogP contribution in [0.3, 0.4) is 0 Å². The second-order valence-electron chi connectivity index (χ2n) is 10.6. The molecule has 0 saturated heterocycles. The number of para-hydroxylation sites is 1. The molecule has 0 aliphatic carbocycles. The number of allylic oxidation sites excluding steroid dienone is 2. The van der Waals surface area contributed by atoms with Crippen molar-refractivity contribution in [2.45, 2.75) is 33.5 Å². The second kappa shape index (κ2) is 11.3. The van der Waals surface area contributed by atoms with Crippen molar-refractivity contribution >= 4 is 62.7 Å². The summed E-state index contributed by atoms with van der Waals surface area (Å²) in [5.74, 6) is -0.0625. The Balaban J connectivity index is 0.000000394. The SMILES string of the molecule is CC(=O)C=C(C)O.C[Si](C)(C)c1cc(-c2[c-]ccc3c2oc2ccccc23)nc2ccc3ccccc3c12.[Ir]. The molecular formula is C33H30IrNO3Si-. The van der Waals surface area contributed by atoms with Gasteiger partial charge in [-0.15, -0.1) is 18.2 Å². The fraction of sp³-hybridized carbons (Fsp3) is 0.152. The number of hydrogen-bond acceptors (Lipinski definition) is 4. The average molecular weight is 709 g/mol. The van der Waals surface area contributed by atoms with Gasteiger partial charge in [-0.1, -0.05) is 90.4 Å². The predicted octanol–water partition coefficient (Wildman–Crippen LogP) is 8.33. The van der Waals surface area contributed by atoms with Crippen LogP contribution in [0, 0.1) is 6.07 Å². The van der Waals surface area contributed by atoms with E-state index in [2.05, 4.69) is 86.4 Å². The Labute approximate surface area is 242 Å². The van der Waals surface area contributed by atoms with Crippen LogP contribution in [0.15, 0.2) is 95.1 Å². The Morgan fingerprint density at radius 3 is 2.28 bits per heavy atom. The Hall–Kier alpha value is -3.57. The predicted molar refractivity (Wildman–Crippen MR) is 161 cm³/mol. The molecule has 0 bridgehead atoms. The van der Waals surface area contributed by atoms with Crippen LogP contribution in [0.1, 0.15) is 13.8 Å². The van der Waals surface area contributed by atoms with E-state index < -0.39 is 8.07 Å². The third kappa shape index (κ3) is 5.74. The Bertz CT molecular complexity index is 1860. The number of carbonyl (C=O) groups is 1. The molecule has 2 heterocycles. The number of pyridine rings is 1. The van der Waals surface area contributed by atoms with E-state index in [0.717, 1.165) is 38.7 Å². The minimum Gasteiger partial charge on any atom is -0.512 e. The number of nitrogens with zero attached hydrogens (tertiary/aromatic N) is 1. The van der Waals surface area contributed by atoms with Gasteiger partial charge in [0.05, 0.1) is 24.9 Å². The zero-order chi connectivity index (χ0) is 27.0. The quantitative estimate of drug-likeness (QED) is 0.0661. The molecule has 39 heavy (non-hydrogen) atoms. The van der Waals surface area contributed by atoms with Gasteiger partial charge in [0.15, 0.2) is 5.78 Å². The third-order valence-electron chi connectivity index (χ3n) is 6.51. The van der Waals surface area contributed by atoms with Gasteiger partial charge >= 0.3 is 0 Å². The Kier molecular flexibility index (Phi) is 8.22.